The first-order valence-corrected chi connectivity index (χ1v) is 21.3. The third-order valence-corrected chi connectivity index (χ3v) is 15.8. The average molecular weight is 1010 g/mol. The Morgan fingerprint density at radius 1 is 0.912 bits per heavy atom. The fourth-order valence-corrected chi connectivity index (χ4v) is 13.4. The summed E-state index contributed by atoms with van der Waals surface area (Å²) in [6, 6.07) is 16.0. The van der Waals surface area contributed by atoms with Crippen LogP contribution in [0.1, 0.15) is 79.6 Å². The lowest BCUT2D eigenvalue weighted by molar-refractivity contribution is -0.184. The molecule has 0 radical (unpaired) electrons. The third-order valence-electron chi connectivity index (χ3n) is 15.8. The number of ether oxygens (including phenoxy) is 2. The normalized spacial score (nSPS) is 37.2. The minimum Gasteiger partial charge on any atom is -0.504 e. The molecular weight excluding hydrogens is 950 g/mol. The summed E-state index contributed by atoms with van der Waals surface area (Å²) in [5, 5.41) is 46.6. The number of aromatic hydroxyl groups is 2. The Labute approximate surface area is 366 Å². The topological polar surface area (TPSA) is 186 Å². The fourth-order valence-electron chi connectivity index (χ4n) is 13.4. The van der Waals surface area contributed by atoms with Crippen LogP contribution in [0.2, 0.25) is 1.41 Å². The molecule has 14 heteroatoms. The number of nitrogens with two attached hydrogens (primary N) is 2. The Morgan fingerprint density at radius 3 is 2.28 bits per heavy atom. The number of H-pyrrole nitrogens is 1. The molecule has 306 valence electrons. The van der Waals surface area contributed by atoms with Crippen molar-refractivity contribution in [3.8, 4) is 23.0 Å². The van der Waals surface area contributed by atoms with E-state index in [1.807, 2.05) is 12.1 Å². The van der Waals surface area contributed by atoms with Crippen molar-refractivity contribution in [3.05, 3.63) is 82.0 Å². The highest BCUT2D eigenvalue weighted by Gasteiger charge is 2.74. The monoisotopic (exact) mass is 1010 g/mol. The number of phenolic OH excluding ortho intramolecular Hbond substituents is 2. The van der Waals surface area contributed by atoms with Crippen LogP contribution in [0.3, 0.4) is 0 Å². The number of aromatic nitrogens is 1. The number of halogens is 2. The zero-order chi connectivity index (χ0) is 39.4. The molecule has 0 amide bonds. The van der Waals surface area contributed by atoms with E-state index in [1.54, 1.807) is 35.0 Å². The summed E-state index contributed by atoms with van der Waals surface area (Å²) in [5.74, 6) is 6.93. The molecule has 1 aromatic heterocycles. The van der Waals surface area contributed by atoms with Crippen LogP contribution in [0.5, 0.6) is 23.0 Å². The van der Waals surface area contributed by atoms with Gasteiger partial charge in [0.15, 0.2) is 30.5 Å². The molecule has 4 fully saturated rings. The largest absolute Gasteiger partial charge is 0.504 e. The maximum atomic E-state index is 12.7. The minimum absolute atomic E-state index is 0. The molecule has 3 aromatic carbocycles. The number of benzene rings is 3. The van der Waals surface area contributed by atoms with Gasteiger partial charge in [-0.1, -0.05) is 30.3 Å². The summed E-state index contributed by atoms with van der Waals surface area (Å²) >= 11 is 1.62. The van der Waals surface area contributed by atoms with Crippen LogP contribution >= 0.6 is 46.8 Å². The van der Waals surface area contributed by atoms with Gasteiger partial charge in [-0.25, -0.2) is 3.63 Å². The highest BCUT2D eigenvalue weighted by atomic mass is 127. The second-order valence-corrected chi connectivity index (χ2v) is 18.7. The highest BCUT2D eigenvalue weighted by molar-refractivity contribution is 14.1. The van der Waals surface area contributed by atoms with Crippen molar-refractivity contribution >= 4 is 57.7 Å². The molecule has 9 atom stereocenters. The lowest BCUT2D eigenvalue weighted by Crippen LogP contribution is -2.77. The number of hydrogen-bond acceptors (Lipinski definition) is 11. The van der Waals surface area contributed by atoms with Gasteiger partial charge in [0, 0.05) is 77.4 Å². The molecular formula is C43H54I2N6O6. The van der Waals surface area contributed by atoms with E-state index in [0.29, 0.717) is 24.3 Å². The van der Waals surface area contributed by atoms with Gasteiger partial charge >= 0.3 is 0 Å². The summed E-state index contributed by atoms with van der Waals surface area (Å²) < 4.78 is 19.7. The van der Waals surface area contributed by atoms with Crippen molar-refractivity contribution in [2.24, 2.45) is 17.5 Å². The number of rotatable bonds is 2. The van der Waals surface area contributed by atoms with Crippen molar-refractivity contribution in [3.63, 3.8) is 0 Å². The van der Waals surface area contributed by atoms with Gasteiger partial charge in [-0.05, 0) is 112 Å². The molecule has 4 aliphatic heterocycles. The molecule has 4 unspecified atom stereocenters. The predicted octanol–water partition coefficient (Wildman–Crippen LogP) is 4.74. The van der Waals surface area contributed by atoms with Crippen LogP contribution in [0.25, 0.3) is 10.9 Å². The van der Waals surface area contributed by atoms with E-state index in [2.05, 4.69) is 51.9 Å². The van der Waals surface area contributed by atoms with Gasteiger partial charge in [0.1, 0.15) is 6.10 Å². The Morgan fingerprint density at radius 2 is 1.56 bits per heavy atom. The standard InChI is InChI=1S/C26H26N2O3.C17H22N2O3.H3IN2.HI.H2/c29-19-8-7-15-11-20-26(30)12-17-16-3-1-2-4-18(16)27-22(17)24-25(26,21(15)23(19)31-24)9-10-28(20)13-14-5-6-14;1-19-7-6-16-13-9-2-3-11(20)14(13)22-15(16)10(18)4-5-17(16,21)12(19)8-9;1-3-2;;/h1-4,7-8,14,20,24,27,29-30H,5-6,9-13H2;2-3,10,12,15,20-21H,4-8,18H2,1H3;3H,2H2;2*1H/t20?,24-,25?,26+;10-,12?,15-,16?,17+;;;/m00.../s1/i;;;;1+2/hT. The first-order valence-electron chi connectivity index (χ1n) is 20.7. The van der Waals surface area contributed by atoms with Gasteiger partial charge < -0.3 is 45.5 Å². The number of nitrogens with one attached hydrogen (secondary N) is 2. The second-order valence-electron chi connectivity index (χ2n) is 18.1. The zero-order valence-electron chi connectivity index (χ0n) is 33.0. The van der Waals surface area contributed by atoms with Gasteiger partial charge in [-0.15, -0.1) is 24.0 Å². The Kier molecular flexibility index (Phi) is 8.76. The maximum absolute atomic E-state index is 12.7. The van der Waals surface area contributed by atoms with Gasteiger partial charge in [0.2, 0.25) is 0 Å². The lowest BCUT2D eigenvalue weighted by Gasteiger charge is -2.63. The Bertz CT molecular complexity index is 2330. The number of aromatic amines is 1. The number of likely N-dealkylation sites (tertiary alicyclic amines) is 2. The lowest BCUT2D eigenvalue weighted by atomic mass is 9.48. The summed E-state index contributed by atoms with van der Waals surface area (Å²) in [6.07, 6.45) is 7.53. The molecule has 2 saturated carbocycles. The Balaban J connectivity index is 0.000000142. The van der Waals surface area contributed by atoms with Crippen molar-refractivity contribution in [2.45, 2.75) is 110 Å². The summed E-state index contributed by atoms with van der Waals surface area (Å²) in [4.78, 5) is 8.50. The van der Waals surface area contributed by atoms with Gasteiger partial charge in [0.25, 0.3) is 0 Å². The zero-order valence-corrected chi connectivity index (χ0v) is 36.4. The average Bonchev–Trinajstić information content (AvgIpc) is 3.65. The molecule has 13 rings (SSSR count). The molecule has 10 N–H and O–H groups in total. The number of likely N-dealkylation sites (N-methyl/N-ethyl adjacent to an activating group) is 1. The molecule has 12 nitrogen and oxygen atoms in total. The van der Waals surface area contributed by atoms with Gasteiger partial charge in [0.05, 0.1) is 27.7 Å². The first kappa shape index (κ1) is 37.6. The molecule has 2 saturated heterocycles. The van der Waals surface area contributed by atoms with Crippen LogP contribution in [-0.2, 0) is 30.1 Å². The quantitative estimate of drug-likeness (QED) is 0.0601. The van der Waals surface area contributed by atoms with E-state index in [-0.39, 0.29) is 67.2 Å². The summed E-state index contributed by atoms with van der Waals surface area (Å²) in [7, 11) is 2.10. The van der Waals surface area contributed by atoms with Crippen molar-refractivity contribution in [1.29, 1.82) is 0 Å². The molecule has 4 bridgehead atoms. The van der Waals surface area contributed by atoms with E-state index >= 15 is 0 Å². The molecule has 5 aliphatic carbocycles. The van der Waals surface area contributed by atoms with Crippen molar-refractivity contribution in [2.75, 3.05) is 26.7 Å². The molecule has 4 aromatic rings. The number of hydrogen-bond donors (Lipinski definition) is 8. The third kappa shape index (κ3) is 4.90. The molecule has 2 spiro atoms. The van der Waals surface area contributed by atoms with Crippen molar-refractivity contribution in [1.82, 2.24) is 18.4 Å². The fraction of sp³-hybridized carbons (Fsp3) is 0.535. The van der Waals surface area contributed by atoms with Gasteiger partial charge in [-0.3, -0.25) is 10.7 Å². The number of para-hydroxylation sites is 1. The van der Waals surface area contributed by atoms with Gasteiger partial charge in [-0.2, -0.15) is 0 Å². The van der Waals surface area contributed by atoms with Crippen LogP contribution in [0.15, 0.2) is 48.5 Å². The number of hydrazine groups is 1. The molecule has 57 heavy (non-hydrogen) atoms. The SMILES string of the molecule is CN1CCC23c4c5ccc(O)c4O[C@H]2[C@@H](N)CC[C@@]3(O)C1C5.I.Oc1ccc2c3c1O[C@H]1c4[nH]c5ccccc5c4C[C@@]4(O)C(C2)N(CC2CC2)CCC314.[3HH].[3H]N(N)I. The maximum Gasteiger partial charge on any atom is 0.166 e. The van der Waals surface area contributed by atoms with E-state index in [9.17, 15) is 20.4 Å². The predicted molar refractivity (Wildman–Crippen MR) is 236 cm³/mol. The number of phenols is 2. The Hall–Kier alpha value is -2.42. The number of aliphatic hydroxyl groups is 2. The van der Waals surface area contributed by atoms with E-state index in [4.69, 9.17) is 16.6 Å². The van der Waals surface area contributed by atoms with E-state index < -0.39 is 22.0 Å². The van der Waals surface area contributed by atoms with Crippen LogP contribution in [0.4, 0.5) is 0 Å². The highest BCUT2D eigenvalue weighted by Crippen LogP contribution is 2.69. The summed E-state index contributed by atoms with van der Waals surface area (Å²) in [6.45, 7) is 3.00. The molecule has 9 aliphatic rings. The summed E-state index contributed by atoms with van der Waals surface area (Å²) in [5.41, 5.74) is 11.6. The van der Waals surface area contributed by atoms with Crippen LogP contribution in [-0.4, -0.2) is 97.3 Å². The molecule has 5 heterocycles. The smallest absolute Gasteiger partial charge is 0.166 e. The number of nitrogens with zero attached hydrogens (tertiary/aromatic N) is 2. The number of piperidine rings is 2. The van der Waals surface area contributed by atoms with E-state index in [1.165, 1.54) is 34.9 Å². The number of fused-ring (bicyclic) bond motifs is 4. The minimum atomic E-state index is -0.908. The second kappa shape index (κ2) is 13.3. The van der Waals surface area contributed by atoms with Crippen LogP contribution in [0, 0.1) is 5.92 Å². The van der Waals surface area contributed by atoms with Crippen molar-refractivity contribution < 1.29 is 32.7 Å². The van der Waals surface area contributed by atoms with Crippen LogP contribution < -0.4 is 24.7 Å². The van der Waals surface area contributed by atoms with E-state index in [0.717, 1.165) is 83.6 Å². The first-order chi connectivity index (χ1) is 27.3.